The second-order valence-corrected chi connectivity index (χ2v) is 4.45. The van der Waals surface area contributed by atoms with Gasteiger partial charge >= 0.3 is 0 Å². The van der Waals surface area contributed by atoms with E-state index in [0.29, 0.717) is 5.92 Å². The number of methoxy groups -OCH3 is 1. The lowest BCUT2D eigenvalue weighted by molar-refractivity contribution is 0.408. The van der Waals surface area contributed by atoms with Crippen LogP contribution >= 0.6 is 0 Å². The Morgan fingerprint density at radius 1 is 1.18 bits per heavy atom. The minimum atomic E-state index is 0.676. The van der Waals surface area contributed by atoms with Crippen LogP contribution in [0.5, 0.6) is 5.75 Å². The van der Waals surface area contributed by atoms with E-state index in [1.54, 1.807) is 7.11 Å². The summed E-state index contributed by atoms with van der Waals surface area (Å²) >= 11 is 0. The van der Waals surface area contributed by atoms with E-state index in [9.17, 15) is 0 Å². The number of pyridine rings is 1. The van der Waals surface area contributed by atoms with E-state index in [0.717, 1.165) is 17.0 Å². The molecule has 0 unspecified atom stereocenters. The predicted octanol–water partition coefficient (Wildman–Crippen LogP) is 3.63. The first-order valence-electron chi connectivity index (χ1n) is 5.98. The van der Waals surface area contributed by atoms with E-state index in [2.05, 4.69) is 23.2 Å². The second kappa shape index (κ2) is 4.21. The number of rotatable bonds is 3. The fraction of sp³-hybridized carbons (Fsp3) is 0.267. The average molecular weight is 225 g/mol. The average Bonchev–Trinajstić information content (AvgIpc) is 3.23. The van der Waals surface area contributed by atoms with Gasteiger partial charge in [-0.25, -0.2) is 0 Å². The van der Waals surface area contributed by atoms with E-state index in [1.165, 1.54) is 18.4 Å². The third kappa shape index (κ3) is 2.03. The molecule has 0 saturated heterocycles. The zero-order valence-corrected chi connectivity index (χ0v) is 9.89. The minimum absolute atomic E-state index is 0.676. The Labute approximate surface area is 101 Å². The van der Waals surface area contributed by atoms with Gasteiger partial charge < -0.3 is 4.74 Å². The molecule has 86 valence electrons. The standard InChI is InChI=1S/C15H15NO/c1-17-15-10-16-14(9-13(15)11-7-8-11)12-5-3-2-4-6-12/h2-6,9-11H,7-8H2,1H3. The fourth-order valence-electron chi connectivity index (χ4n) is 2.11. The number of aromatic nitrogens is 1. The highest BCUT2D eigenvalue weighted by molar-refractivity contribution is 5.61. The predicted molar refractivity (Wildman–Crippen MR) is 68.2 cm³/mol. The first-order valence-corrected chi connectivity index (χ1v) is 5.98. The van der Waals surface area contributed by atoms with Crippen molar-refractivity contribution in [3.63, 3.8) is 0 Å². The molecule has 2 nitrogen and oxygen atoms in total. The van der Waals surface area contributed by atoms with Crippen molar-refractivity contribution < 1.29 is 4.74 Å². The van der Waals surface area contributed by atoms with Crippen LogP contribution < -0.4 is 4.74 Å². The lowest BCUT2D eigenvalue weighted by Crippen LogP contribution is -1.93. The van der Waals surface area contributed by atoms with Crippen molar-refractivity contribution in [3.8, 4) is 17.0 Å². The van der Waals surface area contributed by atoms with Crippen molar-refractivity contribution in [3.05, 3.63) is 48.2 Å². The van der Waals surface area contributed by atoms with Gasteiger partial charge in [-0.15, -0.1) is 0 Å². The molecule has 1 aromatic carbocycles. The Morgan fingerprint density at radius 3 is 2.59 bits per heavy atom. The molecule has 1 heterocycles. The maximum atomic E-state index is 5.37. The van der Waals surface area contributed by atoms with E-state index in [4.69, 9.17) is 4.74 Å². The highest BCUT2D eigenvalue weighted by Gasteiger charge is 2.27. The van der Waals surface area contributed by atoms with Crippen molar-refractivity contribution >= 4 is 0 Å². The highest BCUT2D eigenvalue weighted by atomic mass is 16.5. The lowest BCUT2D eigenvalue weighted by atomic mass is 10.1. The molecule has 0 bridgehead atoms. The number of hydrogen-bond donors (Lipinski definition) is 0. The van der Waals surface area contributed by atoms with Crippen molar-refractivity contribution in [1.29, 1.82) is 0 Å². The molecule has 1 fully saturated rings. The topological polar surface area (TPSA) is 22.1 Å². The maximum Gasteiger partial charge on any atom is 0.140 e. The van der Waals surface area contributed by atoms with Gasteiger partial charge in [-0.05, 0) is 24.8 Å². The largest absolute Gasteiger partial charge is 0.495 e. The Balaban J connectivity index is 2.04. The van der Waals surface area contributed by atoms with Gasteiger partial charge in [0.2, 0.25) is 0 Å². The van der Waals surface area contributed by atoms with Crippen LogP contribution in [0.25, 0.3) is 11.3 Å². The van der Waals surface area contributed by atoms with E-state index < -0.39 is 0 Å². The van der Waals surface area contributed by atoms with E-state index in [1.807, 2.05) is 24.4 Å². The van der Waals surface area contributed by atoms with Crippen LogP contribution in [0, 0.1) is 0 Å². The number of ether oxygens (including phenoxy) is 1. The highest BCUT2D eigenvalue weighted by Crippen LogP contribution is 2.44. The maximum absolute atomic E-state index is 5.37. The summed E-state index contributed by atoms with van der Waals surface area (Å²) in [5.41, 5.74) is 3.51. The van der Waals surface area contributed by atoms with Gasteiger partial charge in [0.05, 0.1) is 19.0 Å². The van der Waals surface area contributed by atoms with Crippen LogP contribution in [-0.4, -0.2) is 12.1 Å². The van der Waals surface area contributed by atoms with Gasteiger partial charge in [-0.2, -0.15) is 0 Å². The van der Waals surface area contributed by atoms with Crippen LogP contribution in [0.1, 0.15) is 24.3 Å². The Morgan fingerprint density at radius 2 is 1.94 bits per heavy atom. The molecule has 0 N–H and O–H groups in total. The monoisotopic (exact) mass is 225 g/mol. The molecule has 1 aliphatic carbocycles. The summed E-state index contributed by atoms with van der Waals surface area (Å²) in [4.78, 5) is 4.47. The van der Waals surface area contributed by atoms with Crippen LogP contribution in [-0.2, 0) is 0 Å². The van der Waals surface area contributed by atoms with E-state index >= 15 is 0 Å². The number of benzene rings is 1. The van der Waals surface area contributed by atoms with Crippen LogP contribution in [0.3, 0.4) is 0 Å². The SMILES string of the molecule is COc1cnc(-c2ccccc2)cc1C1CC1. The molecule has 0 radical (unpaired) electrons. The number of nitrogens with zero attached hydrogens (tertiary/aromatic N) is 1. The van der Waals surface area contributed by atoms with Crippen LogP contribution in [0.15, 0.2) is 42.6 Å². The molecule has 2 heteroatoms. The van der Waals surface area contributed by atoms with Crippen molar-refractivity contribution in [2.45, 2.75) is 18.8 Å². The normalized spacial score (nSPS) is 14.6. The molecule has 1 aromatic heterocycles. The quantitative estimate of drug-likeness (QED) is 0.795. The molecular weight excluding hydrogens is 210 g/mol. The van der Waals surface area contributed by atoms with Crippen molar-refractivity contribution in [2.75, 3.05) is 7.11 Å². The van der Waals surface area contributed by atoms with Crippen molar-refractivity contribution in [2.24, 2.45) is 0 Å². The molecule has 0 spiro atoms. The molecule has 0 aliphatic heterocycles. The zero-order valence-electron chi connectivity index (χ0n) is 9.89. The van der Waals surface area contributed by atoms with Gasteiger partial charge in [0.1, 0.15) is 5.75 Å². The second-order valence-electron chi connectivity index (χ2n) is 4.45. The van der Waals surface area contributed by atoms with Gasteiger partial charge in [-0.1, -0.05) is 30.3 Å². The van der Waals surface area contributed by atoms with Gasteiger partial charge in [0.25, 0.3) is 0 Å². The summed E-state index contributed by atoms with van der Waals surface area (Å²) in [6.45, 7) is 0. The Bertz CT molecular complexity index is 518. The minimum Gasteiger partial charge on any atom is -0.495 e. The molecule has 0 amide bonds. The molecule has 0 atom stereocenters. The molecule has 2 aromatic rings. The summed E-state index contributed by atoms with van der Waals surface area (Å²) in [6, 6.07) is 12.5. The first-order chi connectivity index (χ1) is 8.38. The third-order valence-electron chi connectivity index (χ3n) is 3.20. The summed E-state index contributed by atoms with van der Waals surface area (Å²) in [5.74, 6) is 1.60. The molecule has 17 heavy (non-hydrogen) atoms. The number of hydrogen-bond acceptors (Lipinski definition) is 2. The lowest BCUT2D eigenvalue weighted by Gasteiger charge is -2.09. The van der Waals surface area contributed by atoms with E-state index in [-0.39, 0.29) is 0 Å². The molecule has 1 saturated carbocycles. The van der Waals surface area contributed by atoms with Crippen molar-refractivity contribution in [1.82, 2.24) is 4.98 Å². The smallest absolute Gasteiger partial charge is 0.140 e. The van der Waals surface area contributed by atoms with Gasteiger partial charge in [0, 0.05) is 11.1 Å². The van der Waals surface area contributed by atoms with Gasteiger partial charge in [-0.3, -0.25) is 4.98 Å². The summed E-state index contributed by atoms with van der Waals surface area (Å²) in [7, 11) is 1.71. The summed E-state index contributed by atoms with van der Waals surface area (Å²) in [5, 5.41) is 0. The van der Waals surface area contributed by atoms with Crippen LogP contribution in [0.2, 0.25) is 0 Å². The summed E-state index contributed by atoms with van der Waals surface area (Å²) < 4.78 is 5.37. The molecule has 3 rings (SSSR count). The fourth-order valence-corrected chi connectivity index (χ4v) is 2.11. The van der Waals surface area contributed by atoms with Crippen LogP contribution in [0.4, 0.5) is 0 Å². The zero-order chi connectivity index (χ0) is 11.7. The molecular formula is C15H15NO. The third-order valence-corrected chi connectivity index (χ3v) is 3.20. The molecule has 1 aliphatic rings. The van der Waals surface area contributed by atoms with Gasteiger partial charge in [0.15, 0.2) is 0 Å². The first kappa shape index (κ1) is 10.3. The summed E-state index contributed by atoms with van der Waals surface area (Å²) in [6.07, 6.45) is 4.39. The Hall–Kier alpha value is -1.83. The Kier molecular flexibility index (Phi) is 2.56.